The van der Waals surface area contributed by atoms with E-state index in [1.807, 2.05) is 6.92 Å². The number of amides is 2. The van der Waals surface area contributed by atoms with Crippen molar-refractivity contribution in [2.24, 2.45) is 5.73 Å². The minimum atomic E-state index is -0.856. The zero-order valence-corrected chi connectivity index (χ0v) is 13.8. The second-order valence-corrected chi connectivity index (χ2v) is 5.04. The smallest absolute Gasteiger partial charge is 0.308 e. The summed E-state index contributed by atoms with van der Waals surface area (Å²) >= 11 is 0. The molecule has 0 unspecified atom stereocenters. The summed E-state index contributed by atoms with van der Waals surface area (Å²) in [5.74, 6) is -2.94. The number of nitrogens with one attached hydrogen (secondary N) is 1. The Morgan fingerprint density at radius 2 is 1.75 bits per heavy atom. The third kappa shape index (κ3) is 5.38. The number of ether oxygens (including phenoxy) is 2. The highest BCUT2D eigenvalue weighted by Gasteiger charge is 2.23. The number of rotatable bonds is 7. The topological polar surface area (TPSA) is 125 Å². The van der Waals surface area contributed by atoms with Gasteiger partial charge >= 0.3 is 11.9 Å². The van der Waals surface area contributed by atoms with Crippen LogP contribution in [-0.2, 0) is 14.4 Å². The maximum Gasteiger partial charge on any atom is 0.308 e. The van der Waals surface area contributed by atoms with Crippen LogP contribution in [0.3, 0.4) is 0 Å². The van der Waals surface area contributed by atoms with Crippen molar-refractivity contribution in [3.05, 3.63) is 23.8 Å². The Labute approximate surface area is 139 Å². The van der Waals surface area contributed by atoms with E-state index in [1.54, 1.807) is 0 Å². The Hall–Kier alpha value is -2.90. The lowest BCUT2D eigenvalue weighted by Gasteiger charge is -2.17. The standard InChI is InChI=1S/C16H20N2O6/c1-4-6-12(15(17)21)18-16(22)11-7-5-8-13(23-9(2)19)14(11)24-10(3)20/h5,7-8,12H,4,6H2,1-3H3,(H2,17,21)(H,18,22)/t12-/m0/s1. The summed E-state index contributed by atoms with van der Waals surface area (Å²) in [7, 11) is 0. The van der Waals surface area contributed by atoms with E-state index in [1.165, 1.54) is 25.1 Å². The van der Waals surface area contributed by atoms with Crippen LogP contribution in [0.4, 0.5) is 0 Å². The summed E-state index contributed by atoms with van der Waals surface area (Å²) in [5.41, 5.74) is 5.21. The molecule has 1 aromatic rings. The summed E-state index contributed by atoms with van der Waals surface area (Å²) in [5, 5.41) is 2.48. The molecule has 0 radical (unpaired) electrons. The summed E-state index contributed by atoms with van der Waals surface area (Å²) < 4.78 is 9.96. The molecule has 1 aromatic carbocycles. The fourth-order valence-electron chi connectivity index (χ4n) is 1.99. The van der Waals surface area contributed by atoms with Crippen molar-refractivity contribution in [2.75, 3.05) is 0 Å². The molecule has 0 bridgehead atoms. The van der Waals surface area contributed by atoms with E-state index in [0.29, 0.717) is 12.8 Å². The van der Waals surface area contributed by atoms with Crippen molar-refractivity contribution >= 4 is 23.8 Å². The Kier molecular flexibility index (Phi) is 6.91. The average molecular weight is 336 g/mol. The van der Waals surface area contributed by atoms with Crippen molar-refractivity contribution in [3.63, 3.8) is 0 Å². The van der Waals surface area contributed by atoms with Gasteiger partial charge in [-0.2, -0.15) is 0 Å². The Morgan fingerprint density at radius 1 is 1.12 bits per heavy atom. The monoisotopic (exact) mass is 336 g/mol. The lowest BCUT2D eigenvalue weighted by Crippen LogP contribution is -2.44. The van der Waals surface area contributed by atoms with Crippen molar-refractivity contribution in [1.82, 2.24) is 5.32 Å². The Bertz CT molecular complexity index is 656. The molecule has 0 spiro atoms. The fraction of sp³-hybridized carbons (Fsp3) is 0.375. The van der Waals surface area contributed by atoms with Crippen LogP contribution in [0.15, 0.2) is 18.2 Å². The third-order valence-electron chi connectivity index (χ3n) is 2.95. The normalized spacial score (nSPS) is 11.3. The van der Waals surface area contributed by atoms with Crippen LogP contribution in [0.2, 0.25) is 0 Å². The molecule has 24 heavy (non-hydrogen) atoms. The maximum absolute atomic E-state index is 12.4. The number of hydrogen-bond donors (Lipinski definition) is 2. The van der Waals surface area contributed by atoms with Gasteiger partial charge in [0.1, 0.15) is 6.04 Å². The molecular formula is C16H20N2O6. The number of nitrogens with two attached hydrogens (primary N) is 1. The van der Waals surface area contributed by atoms with E-state index in [9.17, 15) is 19.2 Å². The second-order valence-electron chi connectivity index (χ2n) is 5.04. The highest BCUT2D eigenvalue weighted by Crippen LogP contribution is 2.32. The molecule has 3 N–H and O–H groups in total. The van der Waals surface area contributed by atoms with Gasteiger partial charge in [0.05, 0.1) is 5.56 Å². The van der Waals surface area contributed by atoms with Crippen molar-refractivity contribution in [2.45, 2.75) is 39.7 Å². The quantitative estimate of drug-likeness (QED) is 0.563. The van der Waals surface area contributed by atoms with E-state index in [0.717, 1.165) is 6.92 Å². The molecular weight excluding hydrogens is 316 g/mol. The second kappa shape index (κ2) is 8.66. The minimum absolute atomic E-state index is 0.0497. The minimum Gasteiger partial charge on any atom is -0.423 e. The molecule has 8 nitrogen and oxygen atoms in total. The molecule has 0 aliphatic heterocycles. The first-order chi connectivity index (χ1) is 11.3. The average Bonchev–Trinajstić information content (AvgIpc) is 2.47. The van der Waals surface area contributed by atoms with Crippen LogP contribution in [0, 0.1) is 0 Å². The first kappa shape index (κ1) is 19.1. The van der Waals surface area contributed by atoms with Gasteiger partial charge in [-0.15, -0.1) is 0 Å². The number of carbonyl (C=O) groups is 4. The van der Waals surface area contributed by atoms with Gasteiger partial charge in [0.25, 0.3) is 5.91 Å². The van der Waals surface area contributed by atoms with Gasteiger partial charge < -0.3 is 20.5 Å². The Morgan fingerprint density at radius 3 is 2.25 bits per heavy atom. The molecule has 1 atom stereocenters. The van der Waals surface area contributed by atoms with Crippen LogP contribution in [0.5, 0.6) is 11.5 Å². The summed E-state index contributed by atoms with van der Waals surface area (Å²) in [6.45, 7) is 4.16. The van der Waals surface area contributed by atoms with Crippen molar-refractivity contribution in [3.8, 4) is 11.5 Å². The van der Waals surface area contributed by atoms with Gasteiger partial charge in [0.2, 0.25) is 5.91 Å². The van der Waals surface area contributed by atoms with Gasteiger partial charge in [-0.3, -0.25) is 19.2 Å². The lowest BCUT2D eigenvalue weighted by atomic mass is 10.1. The number of esters is 2. The van der Waals surface area contributed by atoms with Gasteiger partial charge in [0.15, 0.2) is 11.5 Å². The van der Waals surface area contributed by atoms with E-state index in [2.05, 4.69) is 5.32 Å². The molecule has 0 fully saturated rings. The zero-order chi connectivity index (χ0) is 18.3. The molecule has 130 valence electrons. The van der Waals surface area contributed by atoms with E-state index < -0.39 is 29.8 Å². The number of primary amides is 1. The number of hydrogen-bond acceptors (Lipinski definition) is 6. The van der Waals surface area contributed by atoms with E-state index in [4.69, 9.17) is 15.2 Å². The summed E-state index contributed by atoms with van der Waals surface area (Å²) in [4.78, 5) is 46.3. The molecule has 0 saturated heterocycles. The molecule has 2 amide bonds. The van der Waals surface area contributed by atoms with Gasteiger partial charge in [0, 0.05) is 13.8 Å². The summed E-state index contributed by atoms with van der Waals surface area (Å²) in [6.07, 6.45) is 1.01. The van der Waals surface area contributed by atoms with Gasteiger partial charge in [-0.1, -0.05) is 19.4 Å². The van der Waals surface area contributed by atoms with E-state index >= 15 is 0 Å². The predicted molar refractivity (Wildman–Crippen MR) is 84.4 cm³/mol. The summed E-state index contributed by atoms with van der Waals surface area (Å²) in [6, 6.07) is 3.36. The number of carbonyl (C=O) groups excluding carboxylic acids is 4. The lowest BCUT2D eigenvalue weighted by molar-refractivity contribution is -0.134. The molecule has 0 saturated carbocycles. The number of para-hydroxylation sites is 1. The highest BCUT2D eigenvalue weighted by atomic mass is 16.6. The first-order valence-electron chi connectivity index (χ1n) is 7.36. The van der Waals surface area contributed by atoms with Gasteiger partial charge in [-0.05, 0) is 18.6 Å². The Balaban J connectivity index is 3.20. The van der Waals surface area contributed by atoms with Crippen LogP contribution >= 0.6 is 0 Å². The largest absolute Gasteiger partial charge is 0.423 e. The SMILES string of the molecule is CCC[C@H](NC(=O)c1cccc(OC(C)=O)c1OC(C)=O)C(N)=O. The highest BCUT2D eigenvalue weighted by molar-refractivity contribution is 6.01. The zero-order valence-electron chi connectivity index (χ0n) is 13.8. The van der Waals surface area contributed by atoms with Gasteiger partial charge in [-0.25, -0.2) is 0 Å². The number of benzene rings is 1. The first-order valence-corrected chi connectivity index (χ1v) is 7.36. The molecule has 0 heterocycles. The van der Waals surface area contributed by atoms with E-state index in [-0.39, 0.29) is 17.1 Å². The maximum atomic E-state index is 12.4. The van der Waals surface area contributed by atoms with Crippen LogP contribution < -0.4 is 20.5 Å². The predicted octanol–water partition coefficient (Wildman–Crippen LogP) is 0.921. The molecule has 0 aromatic heterocycles. The molecule has 1 rings (SSSR count). The molecule has 0 aliphatic rings. The third-order valence-corrected chi connectivity index (χ3v) is 2.95. The van der Waals surface area contributed by atoms with Crippen molar-refractivity contribution in [1.29, 1.82) is 0 Å². The van der Waals surface area contributed by atoms with Crippen LogP contribution in [-0.4, -0.2) is 29.8 Å². The fourth-order valence-corrected chi connectivity index (χ4v) is 1.99. The van der Waals surface area contributed by atoms with Crippen LogP contribution in [0.1, 0.15) is 44.0 Å². The van der Waals surface area contributed by atoms with Crippen molar-refractivity contribution < 1.29 is 28.7 Å². The molecule has 0 aliphatic carbocycles. The molecule has 8 heteroatoms. The van der Waals surface area contributed by atoms with Crippen LogP contribution in [0.25, 0.3) is 0 Å².